The van der Waals surface area contributed by atoms with Crippen LogP contribution < -0.4 is 5.32 Å². The van der Waals surface area contributed by atoms with E-state index in [4.69, 9.17) is 4.74 Å². The second-order valence-electron chi connectivity index (χ2n) is 9.20. The van der Waals surface area contributed by atoms with Crippen molar-refractivity contribution in [1.82, 2.24) is 15.1 Å². The normalized spacial score (nSPS) is 37.0. The molecule has 0 aromatic heterocycles. The van der Waals surface area contributed by atoms with Crippen LogP contribution >= 0.6 is 24.0 Å². The van der Waals surface area contributed by atoms with Gasteiger partial charge >= 0.3 is 0 Å². The van der Waals surface area contributed by atoms with E-state index in [2.05, 4.69) is 34.0 Å². The van der Waals surface area contributed by atoms with E-state index in [1.165, 1.54) is 51.7 Å². The van der Waals surface area contributed by atoms with Crippen LogP contribution in [0.25, 0.3) is 0 Å². The lowest BCUT2D eigenvalue weighted by Crippen LogP contribution is -2.71. The predicted octanol–water partition coefficient (Wildman–Crippen LogP) is 2.80. The van der Waals surface area contributed by atoms with Crippen molar-refractivity contribution >= 4 is 29.9 Å². The Morgan fingerprint density at radius 3 is 2.65 bits per heavy atom. The van der Waals surface area contributed by atoms with E-state index >= 15 is 0 Å². The number of nitrogens with one attached hydrogen (secondary N) is 1. The number of hydrogen-bond donors (Lipinski definition) is 1. The molecule has 4 atom stereocenters. The Labute approximate surface area is 176 Å². The molecule has 4 aliphatic rings. The highest BCUT2D eigenvalue weighted by atomic mass is 127. The molecule has 26 heavy (non-hydrogen) atoms. The van der Waals surface area contributed by atoms with Crippen molar-refractivity contribution in [2.45, 2.75) is 58.1 Å². The molecule has 0 bridgehead atoms. The minimum atomic E-state index is 0. The first kappa shape index (κ1) is 20.6. The zero-order valence-electron chi connectivity index (χ0n) is 16.7. The predicted molar refractivity (Wildman–Crippen MR) is 117 cm³/mol. The lowest BCUT2D eigenvalue weighted by atomic mass is 9.55. The molecule has 3 heterocycles. The van der Waals surface area contributed by atoms with Gasteiger partial charge in [-0.05, 0) is 51.1 Å². The number of fused-ring (bicyclic) bond motifs is 1. The average molecular weight is 476 g/mol. The van der Waals surface area contributed by atoms with Crippen LogP contribution in [0.15, 0.2) is 4.99 Å². The SMILES string of the molecule is CN=C(NC1C2CCCOC2C1(C)C)N1CCC(CN2CCCC2)C1.I. The Bertz CT molecular complexity index is 506. The third kappa shape index (κ3) is 3.88. The zero-order valence-corrected chi connectivity index (χ0v) is 19.1. The molecule has 1 aliphatic carbocycles. The first-order valence-electron chi connectivity index (χ1n) is 10.4. The summed E-state index contributed by atoms with van der Waals surface area (Å²) in [5.41, 5.74) is 0.204. The van der Waals surface area contributed by atoms with Gasteiger partial charge < -0.3 is 19.9 Å². The molecule has 150 valence electrons. The van der Waals surface area contributed by atoms with Gasteiger partial charge in [0.25, 0.3) is 0 Å². The number of aliphatic imine (C=N–C) groups is 1. The molecule has 4 unspecified atom stereocenters. The monoisotopic (exact) mass is 476 g/mol. The molecular formula is C20H37IN4O. The molecule has 0 aromatic rings. The molecule has 5 nitrogen and oxygen atoms in total. The summed E-state index contributed by atoms with van der Waals surface area (Å²) in [6.07, 6.45) is 7.01. The van der Waals surface area contributed by atoms with E-state index in [0.717, 1.165) is 31.6 Å². The molecular weight excluding hydrogens is 439 g/mol. The van der Waals surface area contributed by atoms with Crippen LogP contribution in [0.4, 0.5) is 0 Å². The maximum absolute atomic E-state index is 6.06. The van der Waals surface area contributed by atoms with Crippen LogP contribution in [0.3, 0.4) is 0 Å². The minimum absolute atomic E-state index is 0. The van der Waals surface area contributed by atoms with Crippen molar-refractivity contribution in [3.8, 4) is 0 Å². The standard InChI is InChI=1S/C20H36N4O.HI/c1-20(2)17(16-7-6-12-25-18(16)20)22-19(21-3)24-11-8-15(14-24)13-23-9-4-5-10-23;/h15-18H,4-14H2,1-3H3,(H,21,22);1H. The smallest absolute Gasteiger partial charge is 0.193 e. The van der Waals surface area contributed by atoms with Gasteiger partial charge in [0, 0.05) is 50.7 Å². The number of likely N-dealkylation sites (tertiary alicyclic amines) is 2. The van der Waals surface area contributed by atoms with Gasteiger partial charge in [-0.15, -0.1) is 24.0 Å². The van der Waals surface area contributed by atoms with Crippen molar-refractivity contribution in [1.29, 1.82) is 0 Å². The van der Waals surface area contributed by atoms with Crippen molar-refractivity contribution in [2.24, 2.45) is 22.2 Å². The van der Waals surface area contributed by atoms with Gasteiger partial charge in [-0.25, -0.2) is 0 Å². The van der Waals surface area contributed by atoms with Gasteiger partial charge in [0.05, 0.1) is 6.10 Å². The zero-order chi connectivity index (χ0) is 17.4. The quantitative estimate of drug-likeness (QED) is 0.387. The van der Waals surface area contributed by atoms with Crippen molar-refractivity contribution in [3.05, 3.63) is 0 Å². The van der Waals surface area contributed by atoms with Gasteiger partial charge in [-0.2, -0.15) is 0 Å². The minimum Gasteiger partial charge on any atom is -0.377 e. The van der Waals surface area contributed by atoms with E-state index in [-0.39, 0.29) is 29.4 Å². The lowest BCUT2D eigenvalue weighted by molar-refractivity contribution is -0.188. The highest BCUT2D eigenvalue weighted by Crippen LogP contribution is 2.51. The van der Waals surface area contributed by atoms with Crippen LogP contribution in [0, 0.1) is 17.3 Å². The number of ether oxygens (including phenoxy) is 1. The Morgan fingerprint density at radius 1 is 1.15 bits per heavy atom. The summed E-state index contributed by atoms with van der Waals surface area (Å²) in [6.45, 7) is 11.8. The molecule has 6 heteroatoms. The van der Waals surface area contributed by atoms with Crippen molar-refractivity contribution in [2.75, 3.05) is 46.4 Å². The van der Waals surface area contributed by atoms with E-state index in [9.17, 15) is 0 Å². The number of guanidine groups is 1. The fraction of sp³-hybridized carbons (Fsp3) is 0.950. The topological polar surface area (TPSA) is 40.1 Å². The second kappa shape index (κ2) is 8.52. The van der Waals surface area contributed by atoms with Gasteiger partial charge in [0.2, 0.25) is 0 Å². The second-order valence-corrected chi connectivity index (χ2v) is 9.20. The third-order valence-corrected chi connectivity index (χ3v) is 7.13. The van der Waals surface area contributed by atoms with Gasteiger partial charge in [0.1, 0.15) is 0 Å². The number of halogens is 1. The van der Waals surface area contributed by atoms with Gasteiger partial charge in [-0.3, -0.25) is 4.99 Å². The molecule has 0 amide bonds. The van der Waals surface area contributed by atoms with Crippen LogP contribution in [0.5, 0.6) is 0 Å². The summed E-state index contributed by atoms with van der Waals surface area (Å²) in [5, 5.41) is 3.83. The summed E-state index contributed by atoms with van der Waals surface area (Å²) in [6, 6.07) is 0.495. The molecule has 0 aromatic carbocycles. The molecule has 1 N–H and O–H groups in total. The Kier molecular flexibility index (Phi) is 6.76. The van der Waals surface area contributed by atoms with Crippen LogP contribution in [0.2, 0.25) is 0 Å². The summed E-state index contributed by atoms with van der Waals surface area (Å²) in [7, 11) is 1.94. The molecule has 3 aliphatic heterocycles. The number of nitrogens with zero attached hydrogens (tertiary/aromatic N) is 3. The maximum Gasteiger partial charge on any atom is 0.193 e. The van der Waals surface area contributed by atoms with E-state index in [1.54, 1.807) is 0 Å². The lowest BCUT2D eigenvalue weighted by Gasteiger charge is -2.60. The van der Waals surface area contributed by atoms with Gasteiger partial charge in [-0.1, -0.05) is 13.8 Å². The van der Waals surface area contributed by atoms with Crippen LogP contribution in [-0.4, -0.2) is 74.3 Å². The van der Waals surface area contributed by atoms with E-state index in [0.29, 0.717) is 18.1 Å². The molecule has 0 radical (unpaired) electrons. The van der Waals surface area contributed by atoms with Crippen molar-refractivity contribution in [3.63, 3.8) is 0 Å². The molecule has 3 saturated heterocycles. The fourth-order valence-corrected chi connectivity index (χ4v) is 5.76. The third-order valence-electron chi connectivity index (χ3n) is 7.13. The molecule has 4 fully saturated rings. The maximum atomic E-state index is 6.06. The number of hydrogen-bond acceptors (Lipinski definition) is 3. The van der Waals surface area contributed by atoms with E-state index in [1.807, 2.05) is 7.05 Å². The molecule has 1 saturated carbocycles. The largest absolute Gasteiger partial charge is 0.377 e. The summed E-state index contributed by atoms with van der Waals surface area (Å²) >= 11 is 0. The van der Waals surface area contributed by atoms with Crippen LogP contribution in [-0.2, 0) is 4.74 Å². The van der Waals surface area contributed by atoms with E-state index < -0.39 is 0 Å². The number of rotatable bonds is 3. The fourth-order valence-electron chi connectivity index (χ4n) is 5.76. The first-order valence-corrected chi connectivity index (χ1v) is 10.4. The van der Waals surface area contributed by atoms with Gasteiger partial charge in [0.15, 0.2) is 5.96 Å². The first-order chi connectivity index (χ1) is 12.1. The summed E-state index contributed by atoms with van der Waals surface area (Å²) < 4.78 is 6.06. The Morgan fingerprint density at radius 2 is 1.92 bits per heavy atom. The highest BCUT2D eigenvalue weighted by Gasteiger charge is 2.58. The highest BCUT2D eigenvalue weighted by molar-refractivity contribution is 14.0. The molecule has 0 spiro atoms. The molecule has 4 rings (SSSR count). The average Bonchev–Trinajstić information content (AvgIpc) is 3.28. The Hall–Kier alpha value is -0.0800. The summed E-state index contributed by atoms with van der Waals surface area (Å²) in [5.74, 6) is 2.58. The van der Waals surface area contributed by atoms with Crippen molar-refractivity contribution < 1.29 is 4.74 Å². The summed E-state index contributed by atoms with van der Waals surface area (Å²) in [4.78, 5) is 9.79. The Balaban J connectivity index is 0.00000196. The van der Waals surface area contributed by atoms with Crippen LogP contribution in [0.1, 0.15) is 46.0 Å².